The van der Waals surface area contributed by atoms with Crippen molar-refractivity contribution in [3.8, 4) is 0 Å². The number of furan rings is 1. The van der Waals surface area contributed by atoms with E-state index in [4.69, 9.17) is 9.52 Å². The smallest absolute Gasteiger partial charge is 0.371 e. The van der Waals surface area contributed by atoms with Crippen LogP contribution in [0.2, 0.25) is 0 Å². The molecule has 0 atom stereocenters. The molecule has 0 fully saturated rings. The Kier molecular flexibility index (Phi) is 4.70. The van der Waals surface area contributed by atoms with Gasteiger partial charge in [0.15, 0.2) is 5.09 Å². The van der Waals surface area contributed by atoms with Gasteiger partial charge in [-0.3, -0.25) is 4.79 Å². The zero-order chi connectivity index (χ0) is 15.4. The predicted octanol–water partition coefficient (Wildman–Crippen LogP) is 3.33. The van der Waals surface area contributed by atoms with Crippen molar-refractivity contribution in [3.05, 3.63) is 47.2 Å². The van der Waals surface area contributed by atoms with Crippen molar-refractivity contribution in [1.82, 2.24) is 0 Å². The van der Waals surface area contributed by atoms with Crippen LogP contribution in [-0.4, -0.2) is 22.7 Å². The number of benzene rings is 1. The molecule has 0 bridgehead atoms. The second-order valence-electron chi connectivity index (χ2n) is 4.58. The molecule has 1 aromatic carbocycles. The number of thioether (sulfide) groups is 1. The molecule has 1 aromatic heterocycles. The number of carboxylic acids is 1. The molecule has 0 unspecified atom stereocenters. The van der Waals surface area contributed by atoms with Crippen molar-refractivity contribution >= 4 is 29.3 Å². The highest BCUT2D eigenvalue weighted by molar-refractivity contribution is 7.99. The van der Waals surface area contributed by atoms with E-state index < -0.39 is 5.97 Å². The number of anilines is 1. The van der Waals surface area contributed by atoms with Crippen LogP contribution < -0.4 is 5.32 Å². The zero-order valence-electron chi connectivity index (χ0n) is 11.7. The number of amides is 1. The molecule has 2 N–H and O–H groups in total. The van der Waals surface area contributed by atoms with Crippen LogP contribution in [0.4, 0.5) is 5.69 Å². The molecule has 0 aliphatic carbocycles. The highest BCUT2D eigenvalue weighted by atomic mass is 32.2. The Hall–Kier alpha value is -2.21. The molecule has 0 saturated carbocycles. The average Bonchev–Trinajstić information content (AvgIpc) is 2.89. The minimum atomic E-state index is -1.12. The second kappa shape index (κ2) is 6.49. The molecule has 6 heteroatoms. The monoisotopic (exact) mass is 305 g/mol. The van der Waals surface area contributed by atoms with Crippen molar-refractivity contribution in [2.45, 2.75) is 18.9 Å². The number of carbonyl (C=O) groups is 2. The number of rotatable bonds is 5. The lowest BCUT2D eigenvalue weighted by atomic mass is 10.1. The first-order valence-electron chi connectivity index (χ1n) is 6.29. The Morgan fingerprint density at radius 1 is 1.24 bits per heavy atom. The molecule has 0 saturated heterocycles. The van der Waals surface area contributed by atoms with Gasteiger partial charge >= 0.3 is 5.97 Å². The van der Waals surface area contributed by atoms with Gasteiger partial charge in [-0.1, -0.05) is 29.5 Å². The van der Waals surface area contributed by atoms with Crippen molar-refractivity contribution in [2.75, 3.05) is 11.1 Å². The van der Waals surface area contributed by atoms with Gasteiger partial charge in [0.2, 0.25) is 11.7 Å². The van der Waals surface area contributed by atoms with E-state index in [-0.39, 0.29) is 17.4 Å². The molecule has 110 valence electrons. The van der Waals surface area contributed by atoms with E-state index in [9.17, 15) is 9.59 Å². The number of aromatic carboxylic acids is 1. The fourth-order valence-electron chi connectivity index (χ4n) is 1.79. The summed E-state index contributed by atoms with van der Waals surface area (Å²) in [6, 6.07) is 8.70. The van der Waals surface area contributed by atoms with Gasteiger partial charge in [-0.2, -0.15) is 0 Å². The first-order valence-corrected chi connectivity index (χ1v) is 7.27. The van der Waals surface area contributed by atoms with Crippen molar-refractivity contribution < 1.29 is 19.1 Å². The Balaban J connectivity index is 1.91. The lowest BCUT2D eigenvalue weighted by molar-refractivity contribution is -0.113. The lowest BCUT2D eigenvalue weighted by Crippen LogP contribution is -2.14. The molecule has 0 spiro atoms. The van der Waals surface area contributed by atoms with E-state index in [1.54, 1.807) is 6.07 Å². The molecule has 5 nitrogen and oxygen atoms in total. The third-order valence-electron chi connectivity index (χ3n) is 2.79. The van der Waals surface area contributed by atoms with Crippen molar-refractivity contribution in [3.63, 3.8) is 0 Å². The van der Waals surface area contributed by atoms with Crippen LogP contribution in [0.25, 0.3) is 0 Å². The van der Waals surface area contributed by atoms with Crippen LogP contribution in [0.5, 0.6) is 0 Å². The normalized spacial score (nSPS) is 10.4. The number of nitrogens with one attached hydrogen (secondary N) is 1. The van der Waals surface area contributed by atoms with Crippen LogP contribution in [0, 0.1) is 13.8 Å². The molecule has 2 aromatic rings. The Bertz CT molecular complexity index is 678. The Labute approximate surface area is 126 Å². The zero-order valence-corrected chi connectivity index (χ0v) is 12.5. The quantitative estimate of drug-likeness (QED) is 0.828. The fourth-order valence-corrected chi connectivity index (χ4v) is 2.45. The summed E-state index contributed by atoms with van der Waals surface area (Å²) >= 11 is 1.15. The minimum absolute atomic E-state index is 0.132. The summed E-state index contributed by atoms with van der Waals surface area (Å²) < 4.78 is 5.07. The number of hydrogen-bond donors (Lipinski definition) is 2. The largest absolute Gasteiger partial charge is 0.475 e. The molecule has 0 radical (unpaired) electrons. The standard InChI is InChI=1S/C15H15NO4S/c1-9-3-4-11(10(2)7-9)16-13(17)8-21-14-6-5-12(20-14)15(18)19/h3-7H,8H2,1-2H3,(H,16,17)(H,18,19). The van der Waals surface area contributed by atoms with Gasteiger partial charge in [0.05, 0.1) is 5.75 Å². The molecular weight excluding hydrogens is 290 g/mol. The average molecular weight is 305 g/mol. The van der Waals surface area contributed by atoms with Crippen LogP contribution in [0.15, 0.2) is 39.8 Å². The predicted molar refractivity (Wildman–Crippen MR) is 80.9 cm³/mol. The highest BCUT2D eigenvalue weighted by Crippen LogP contribution is 2.22. The van der Waals surface area contributed by atoms with Crippen LogP contribution in [0.1, 0.15) is 21.7 Å². The van der Waals surface area contributed by atoms with Gasteiger partial charge in [-0.15, -0.1) is 0 Å². The fraction of sp³-hybridized carbons (Fsp3) is 0.200. The van der Waals surface area contributed by atoms with E-state index in [1.165, 1.54) is 6.07 Å². The van der Waals surface area contributed by atoms with E-state index in [0.717, 1.165) is 28.6 Å². The minimum Gasteiger partial charge on any atom is -0.475 e. The second-order valence-corrected chi connectivity index (χ2v) is 5.56. The third kappa shape index (κ3) is 4.13. The molecule has 2 rings (SSSR count). The third-order valence-corrected chi connectivity index (χ3v) is 3.70. The Morgan fingerprint density at radius 2 is 2.00 bits per heavy atom. The van der Waals surface area contributed by atoms with E-state index in [0.29, 0.717) is 5.09 Å². The highest BCUT2D eigenvalue weighted by Gasteiger charge is 2.11. The number of aryl methyl sites for hydroxylation is 2. The SMILES string of the molecule is Cc1ccc(NC(=O)CSc2ccc(C(=O)O)o2)c(C)c1. The van der Waals surface area contributed by atoms with E-state index in [1.807, 2.05) is 32.0 Å². The Morgan fingerprint density at radius 3 is 2.62 bits per heavy atom. The van der Waals surface area contributed by atoms with E-state index >= 15 is 0 Å². The molecule has 21 heavy (non-hydrogen) atoms. The summed E-state index contributed by atoms with van der Waals surface area (Å²) in [5.41, 5.74) is 2.91. The summed E-state index contributed by atoms with van der Waals surface area (Å²) in [4.78, 5) is 22.5. The molecule has 0 aliphatic heterocycles. The maximum atomic E-state index is 11.9. The number of carbonyl (C=O) groups excluding carboxylic acids is 1. The number of hydrogen-bond acceptors (Lipinski definition) is 4. The summed E-state index contributed by atoms with van der Waals surface area (Å²) in [6.45, 7) is 3.92. The topological polar surface area (TPSA) is 79.5 Å². The van der Waals surface area contributed by atoms with Crippen molar-refractivity contribution in [1.29, 1.82) is 0 Å². The van der Waals surface area contributed by atoms with Gasteiger partial charge in [-0.25, -0.2) is 4.79 Å². The van der Waals surface area contributed by atoms with Gasteiger partial charge in [0.25, 0.3) is 0 Å². The molecule has 1 heterocycles. The van der Waals surface area contributed by atoms with Gasteiger partial charge < -0.3 is 14.8 Å². The van der Waals surface area contributed by atoms with Gasteiger partial charge in [0.1, 0.15) is 0 Å². The maximum absolute atomic E-state index is 11.9. The summed E-state index contributed by atoms with van der Waals surface area (Å²) in [6.07, 6.45) is 0. The number of carboxylic acid groups (broad SMARTS) is 1. The van der Waals surface area contributed by atoms with Crippen molar-refractivity contribution in [2.24, 2.45) is 0 Å². The molecule has 1 amide bonds. The van der Waals surface area contributed by atoms with Gasteiger partial charge in [-0.05, 0) is 37.6 Å². The van der Waals surface area contributed by atoms with E-state index in [2.05, 4.69) is 5.32 Å². The van der Waals surface area contributed by atoms with Crippen LogP contribution in [-0.2, 0) is 4.79 Å². The maximum Gasteiger partial charge on any atom is 0.371 e. The van der Waals surface area contributed by atoms with Crippen LogP contribution in [0.3, 0.4) is 0 Å². The van der Waals surface area contributed by atoms with Crippen LogP contribution >= 0.6 is 11.8 Å². The lowest BCUT2D eigenvalue weighted by Gasteiger charge is -2.08. The molecular formula is C15H15NO4S. The first-order chi connectivity index (χ1) is 9.95. The summed E-state index contributed by atoms with van der Waals surface area (Å²) in [5.74, 6) is -1.27. The summed E-state index contributed by atoms with van der Waals surface area (Å²) in [7, 11) is 0. The van der Waals surface area contributed by atoms with Gasteiger partial charge in [0, 0.05) is 5.69 Å². The summed E-state index contributed by atoms with van der Waals surface area (Å²) in [5, 5.41) is 12.0. The first kappa shape index (κ1) is 15.2. The molecule has 0 aliphatic rings.